The van der Waals surface area contributed by atoms with Gasteiger partial charge in [-0.05, 0) is 5.56 Å². The molecule has 1 atom stereocenters. The average molecular weight is 242 g/mol. The van der Waals surface area contributed by atoms with Crippen LogP contribution in [-0.2, 0) is 11.3 Å². The van der Waals surface area contributed by atoms with Crippen molar-refractivity contribution in [3.63, 3.8) is 0 Å². The number of hydrogen-bond acceptors (Lipinski definition) is 1. The van der Waals surface area contributed by atoms with E-state index < -0.39 is 7.25 Å². The molecule has 7 heteroatoms. The fourth-order valence-corrected chi connectivity index (χ4v) is 0.909. The summed E-state index contributed by atoms with van der Waals surface area (Å²) in [6.45, 7) is 0.740. The number of benzene rings is 1. The standard InChI is InChI=1S/C8H11OP.BF4/c10-7-9-6-8-4-2-1-3-5-8;2-1(3,4)5/h1-5H,6-7,10H2;/q;-1/p+1. The average Bonchev–Trinajstić information content (AvgIpc) is 2.14. The third kappa shape index (κ3) is 13.4. The van der Waals surface area contributed by atoms with E-state index in [1.807, 2.05) is 27.4 Å². The predicted octanol–water partition coefficient (Wildman–Crippen LogP) is 3.07. The maximum absolute atomic E-state index is 9.75. The Balaban J connectivity index is 0.000000336. The molecule has 0 saturated carbocycles. The van der Waals surface area contributed by atoms with E-state index in [0.717, 1.165) is 13.0 Å². The van der Waals surface area contributed by atoms with Crippen LogP contribution < -0.4 is 0 Å². The van der Waals surface area contributed by atoms with E-state index in [1.54, 1.807) is 0 Å². The van der Waals surface area contributed by atoms with Crippen LogP contribution in [0.15, 0.2) is 30.3 Å². The van der Waals surface area contributed by atoms with Crippen molar-refractivity contribution in [3.05, 3.63) is 35.9 Å². The van der Waals surface area contributed by atoms with Crippen molar-refractivity contribution in [1.82, 2.24) is 0 Å². The SMILES string of the molecule is F[B-](F)(F)F.[PH3+]COCc1ccccc1. The lowest BCUT2D eigenvalue weighted by molar-refractivity contribution is 0.168. The zero-order chi connectivity index (χ0) is 11.7. The van der Waals surface area contributed by atoms with E-state index >= 15 is 0 Å². The van der Waals surface area contributed by atoms with Crippen LogP contribution in [0, 0.1) is 0 Å². The Morgan fingerprint density at radius 2 is 1.53 bits per heavy atom. The summed E-state index contributed by atoms with van der Waals surface area (Å²) in [6, 6.07) is 10.2. The highest BCUT2D eigenvalue weighted by atomic mass is 31.0. The van der Waals surface area contributed by atoms with Gasteiger partial charge in [0.15, 0.2) is 6.35 Å². The molecule has 0 saturated heterocycles. The minimum absolute atomic E-state index is 0.740. The molecule has 0 aliphatic carbocycles. The Labute approximate surface area is 88.1 Å². The van der Waals surface area contributed by atoms with Crippen molar-refractivity contribution in [2.45, 2.75) is 6.61 Å². The first-order chi connectivity index (χ1) is 6.93. The van der Waals surface area contributed by atoms with Crippen LogP contribution in [0.5, 0.6) is 0 Å². The Hall–Kier alpha value is -0.605. The largest absolute Gasteiger partial charge is 0.673 e. The van der Waals surface area contributed by atoms with Crippen LogP contribution in [0.2, 0.25) is 0 Å². The first-order valence-electron chi connectivity index (χ1n) is 4.21. The molecule has 1 aromatic rings. The van der Waals surface area contributed by atoms with Gasteiger partial charge in [-0.25, -0.2) is 0 Å². The van der Waals surface area contributed by atoms with Gasteiger partial charge in [0.2, 0.25) is 0 Å². The molecule has 0 spiro atoms. The van der Waals surface area contributed by atoms with Crippen LogP contribution in [0.25, 0.3) is 0 Å². The molecular formula is C8H12BF4OP. The van der Waals surface area contributed by atoms with Gasteiger partial charge in [-0.15, -0.1) is 0 Å². The summed E-state index contributed by atoms with van der Waals surface area (Å²) in [5, 5.41) is 0. The van der Waals surface area contributed by atoms with Gasteiger partial charge in [0.1, 0.15) is 0 Å². The summed E-state index contributed by atoms with van der Waals surface area (Å²) in [4.78, 5) is 0. The fraction of sp³-hybridized carbons (Fsp3) is 0.250. The van der Waals surface area contributed by atoms with Crippen LogP contribution in [0.4, 0.5) is 17.3 Å². The van der Waals surface area contributed by atoms with Gasteiger partial charge in [-0.3, -0.25) is 0 Å². The second-order valence-corrected chi connectivity index (χ2v) is 2.94. The Kier molecular flexibility index (Phi) is 7.35. The van der Waals surface area contributed by atoms with Gasteiger partial charge in [0, 0.05) is 9.24 Å². The van der Waals surface area contributed by atoms with E-state index in [2.05, 4.69) is 12.1 Å². The second kappa shape index (κ2) is 7.66. The molecule has 86 valence electrons. The summed E-state index contributed by atoms with van der Waals surface area (Å²) < 4.78 is 44.2. The second-order valence-electron chi connectivity index (χ2n) is 2.53. The molecule has 0 aromatic heterocycles. The number of rotatable bonds is 3. The quantitative estimate of drug-likeness (QED) is 0.449. The zero-order valence-corrected chi connectivity index (χ0v) is 9.42. The maximum atomic E-state index is 9.75. The normalized spacial score (nSPS) is 10.7. The van der Waals surface area contributed by atoms with E-state index in [1.165, 1.54) is 5.56 Å². The van der Waals surface area contributed by atoms with Gasteiger partial charge in [-0.2, -0.15) is 0 Å². The lowest BCUT2D eigenvalue weighted by Crippen LogP contribution is -2.02. The molecule has 1 unspecified atom stereocenters. The van der Waals surface area contributed by atoms with Gasteiger partial charge in [0.25, 0.3) is 0 Å². The highest BCUT2D eigenvalue weighted by molar-refractivity contribution is 7.16. The highest BCUT2D eigenvalue weighted by Gasteiger charge is 2.20. The monoisotopic (exact) mass is 242 g/mol. The third-order valence-electron chi connectivity index (χ3n) is 1.26. The van der Waals surface area contributed by atoms with Crippen LogP contribution in [0.1, 0.15) is 5.56 Å². The van der Waals surface area contributed by atoms with Crippen molar-refractivity contribution in [3.8, 4) is 0 Å². The van der Waals surface area contributed by atoms with E-state index in [9.17, 15) is 17.3 Å². The molecule has 1 rings (SSSR count). The molecule has 1 aromatic carbocycles. The summed E-state index contributed by atoms with van der Waals surface area (Å²) >= 11 is 0. The van der Waals surface area contributed by atoms with E-state index in [4.69, 9.17) is 4.74 Å². The number of halogens is 4. The van der Waals surface area contributed by atoms with Crippen LogP contribution >= 0.6 is 9.24 Å². The van der Waals surface area contributed by atoms with Gasteiger partial charge >= 0.3 is 7.25 Å². The first-order valence-corrected chi connectivity index (χ1v) is 5.21. The smallest absolute Gasteiger partial charge is 0.418 e. The van der Waals surface area contributed by atoms with Crippen molar-refractivity contribution < 1.29 is 22.0 Å². The number of hydrogen-bond donors (Lipinski definition) is 0. The molecule has 0 aliphatic rings. The maximum Gasteiger partial charge on any atom is 0.673 e. The van der Waals surface area contributed by atoms with E-state index in [-0.39, 0.29) is 0 Å². The number of ether oxygens (including phenoxy) is 1. The van der Waals surface area contributed by atoms with Gasteiger partial charge in [0.05, 0.1) is 6.61 Å². The molecule has 0 N–H and O–H groups in total. The summed E-state index contributed by atoms with van der Waals surface area (Å²) in [7, 11) is -4.17. The zero-order valence-electron chi connectivity index (χ0n) is 8.01. The minimum Gasteiger partial charge on any atom is -0.418 e. The molecule has 0 amide bonds. The molecule has 0 radical (unpaired) electrons. The predicted molar refractivity (Wildman–Crippen MR) is 57.4 cm³/mol. The molecule has 15 heavy (non-hydrogen) atoms. The molecular weight excluding hydrogens is 230 g/mol. The summed E-state index contributed by atoms with van der Waals surface area (Å²) in [5.74, 6) is 0. The van der Waals surface area contributed by atoms with Crippen molar-refractivity contribution >= 4 is 16.5 Å². The molecule has 0 bridgehead atoms. The lowest BCUT2D eigenvalue weighted by Gasteiger charge is -1.96. The molecule has 1 nitrogen and oxygen atoms in total. The van der Waals surface area contributed by atoms with Crippen molar-refractivity contribution in [2.75, 3.05) is 6.35 Å². The Morgan fingerprint density at radius 3 is 1.93 bits per heavy atom. The van der Waals surface area contributed by atoms with Crippen LogP contribution in [-0.4, -0.2) is 13.6 Å². The molecule has 0 fully saturated rings. The minimum atomic E-state index is -6.00. The van der Waals surface area contributed by atoms with Crippen molar-refractivity contribution in [1.29, 1.82) is 0 Å². The fourth-order valence-electron chi connectivity index (χ4n) is 0.764. The highest BCUT2D eigenvalue weighted by Crippen LogP contribution is 2.06. The van der Waals surface area contributed by atoms with Gasteiger partial charge < -0.3 is 22.0 Å². The molecule has 0 heterocycles. The van der Waals surface area contributed by atoms with E-state index in [0.29, 0.717) is 0 Å². The van der Waals surface area contributed by atoms with Crippen LogP contribution in [0.3, 0.4) is 0 Å². The Bertz CT molecular complexity index is 249. The third-order valence-corrected chi connectivity index (χ3v) is 1.54. The summed E-state index contributed by atoms with van der Waals surface area (Å²) in [5.41, 5.74) is 1.24. The van der Waals surface area contributed by atoms with Gasteiger partial charge in [-0.1, -0.05) is 30.3 Å². The lowest BCUT2D eigenvalue weighted by atomic mass is 10.2. The Morgan fingerprint density at radius 1 is 1.07 bits per heavy atom. The summed E-state index contributed by atoms with van der Waals surface area (Å²) in [6.07, 6.45) is 0.814. The molecule has 0 aliphatic heterocycles. The van der Waals surface area contributed by atoms with Crippen molar-refractivity contribution in [2.24, 2.45) is 0 Å². The first kappa shape index (κ1) is 14.4. The topological polar surface area (TPSA) is 9.23 Å².